The van der Waals surface area contributed by atoms with E-state index in [0.29, 0.717) is 0 Å². The van der Waals surface area contributed by atoms with Gasteiger partial charge in [-0.05, 0) is 42.9 Å². The van der Waals surface area contributed by atoms with Gasteiger partial charge in [-0.15, -0.1) is 0 Å². The SMILES string of the molecule is CC(O)CC(C)(C)Cc1ccc(F)cc1Br. The van der Waals surface area contributed by atoms with Gasteiger partial charge in [-0.2, -0.15) is 0 Å². The topological polar surface area (TPSA) is 20.2 Å². The average Bonchev–Trinajstić information content (AvgIpc) is 2.07. The summed E-state index contributed by atoms with van der Waals surface area (Å²) in [5, 5.41) is 9.41. The van der Waals surface area contributed by atoms with Crippen molar-refractivity contribution in [2.45, 2.75) is 39.7 Å². The summed E-state index contributed by atoms with van der Waals surface area (Å²) in [6.45, 7) is 6.01. The van der Waals surface area contributed by atoms with Gasteiger partial charge in [0.05, 0.1) is 6.10 Å². The Balaban J connectivity index is 2.79. The van der Waals surface area contributed by atoms with Crippen LogP contribution in [0.4, 0.5) is 4.39 Å². The van der Waals surface area contributed by atoms with Crippen molar-refractivity contribution in [3.8, 4) is 0 Å². The van der Waals surface area contributed by atoms with Crippen molar-refractivity contribution in [2.75, 3.05) is 0 Å². The van der Waals surface area contributed by atoms with Crippen molar-refractivity contribution in [1.29, 1.82) is 0 Å². The van der Waals surface area contributed by atoms with Crippen molar-refractivity contribution >= 4 is 15.9 Å². The van der Waals surface area contributed by atoms with Gasteiger partial charge in [0.2, 0.25) is 0 Å². The third-order valence-electron chi connectivity index (χ3n) is 2.53. The summed E-state index contributed by atoms with van der Waals surface area (Å²) in [5.74, 6) is -0.232. The van der Waals surface area contributed by atoms with Crippen LogP contribution in [0, 0.1) is 11.2 Å². The highest BCUT2D eigenvalue weighted by Gasteiger charge is 2.21. The number of benzene rings is 1. The lowest BCUT2D eigenvalue weighted by molar-refractivity contribution is 0.129. The van der Waals surface area contributed by atoms with Gasteiger partial charge in [-0.1, -0.05) is 35.8 Å². The van der Waals surface area contributed by atoms with E-state index in [0.717, 1.165) is 22.9 Å². The van der Waals surface area contributed by atoms with Gasteiger partial charge in [0.1, 0.15) is 5.82 Å². The minimum atomic E-state index is -0.311. The number of rotatable bonds is 4. The molecule has 0 radical (unpaired) electrons. The molecule has 0 aromatic heterocycles. The summed E-state index contributed by atoms with van der Waals surface area (Å²) in [6, 6.07) is 4.75. The van der Waals surface area contributed by atoms with Crippen LogP contribution in [0.3, 0.4) is 0 Å². The Morgan fingerprint density at radius 2 is 2.06 bits per heavy atom. The Morgan fingerprint density at radius 3 is 2.56 bits per heavy atom. The fourth-order valence-electron chi connectivity index (χ4n) is 2.05. The fourth-order valence-corrected chi connectivity index (χ4v) is 2.54. The smallest absolute Gasteiger partial charge is 0.124 e. The molecule has 1 aromatic carbocycles. The van der Waals surface area contributed by atoms with Crippen LogP contribution in [0.25, 0.3) is 0 Å². The van der Waals surface area contributed by atoms with Crippen molar-refractivity contribution < 1.29 is 9.50 Å². The summed E-state index contributed by atoms with van der Waals surface area (Å²) >= 11 is 3.36. The first-order valence-corrected chi connectivity index (χ1v) is 6.21. The Labute approximate surface area is 105 Å². The second-order valence-corrected chi connectivity index (χ2v) is 5.98. The Hall–Kier alpha value is -0.410. The molecule has 0 amide bonds. The van der Waals surface area contributed by atoms with Crippen molar-refractivity contribution in [3.63, 3.8) is 0 Å². The molecule has 1 unspecified atom stereocenters. The third kappa shape index (κ3) is 4.22. The molecule has 1 aromatic rings. The number of hydrogen-bond donors (Lipinski definition) is 1. The van der Waals surface area contributed by atoms with Gasteiger partial charge in [0.25, 0.3) is 0 Å². The molecular formula is C13H18BrFO. The van der Waals surface area contributed by atoms with Crippen LogP contribution in [0.1, 0.15) is 32.8 Å². The van der Waals surface area contributed by atoms with Gasteiger partial charge in [-0.3, -0.25) is 0 Å². The van der Waals surface area contributed by atoms with Crippen LogP contribution in [-0.4, -0.2) is 11.2 Å². The molecule has 0 aliphatic carbocycles. The van der Waals surface area contributed by atoms with Gasteiger partial charge in [-0.25, -0.2) is 4.39 Å². The number of aliphatic hydroxyl groups is 1. The van der Waals surface area contributed by atoms with Crippen molar-refractivity contribution in [2.24, 2.45) is 5.41 Å². The van der Waals surface area contributed by atoms with E-state index in [2.05, 4.69) is 29.8 Å². The average molecular weight is 289 g/mol. The Kier molecular flexibility index (Phi) is 4.51. The van der Waals surface area contributed by atoms with Crippen LogP contribution >= 0.6 is 15.9 Å². The lowest BCUT2D eigenvalue weighted by Gasteiger charge is -2.26. The highest BCUT2D eigenvalue weighted by atomic mass is 79.9. The van der Waals surface area contributed by atoms with Crippen LogP contribution < -0.4 is 0 Å². The first-order valence-electron chi connectivity index (χ1n) is 5.42. The molecule has 3 heteroatoms. The first kappa shape index (κ1) is 13.7. The van der Waals surface area contributed by atoms with E-state index in [9.17, 15) is 9.50 Å². The molecule has 1 N–H and O–H groups in total. The van der Waals surface area contributed by atoms with Crippen molar-refractivity contribution in [3.05, 3.63) is 34.1 Å². The largest absolute Gasteiger partial charge is 0.393 e. The molecule has 90 valence electrons. The van der Waals surface area contributed by atoms with E-state index >= 15 is 0 Å². The maximum absolute atomic E-state index is 12.9. The molecule has 0 spiro atoms. The lowest BCUT2D eigenvalue weighted by Crippen LogP contribution is -2.21. The monoisotopic (exact) mass is 288 g/mol. The summed E-state index contributed by atoms with van der Waals surface area (Å²) in [7, 11) is 0. The predicted molar refractivity (Wildman–Crippen MR) is 67.9 cm³/mol. The van der Waals surface area contributed by atoms with Crippen LogP contribution in [0.5, 0.6) is 0 Å². The highest BCUT2D eigenvalue weighted by Crippen LogP contribution is 2.30. The number of halogens is 2. The molecule has 1 atom stereocenters. The normalized spacial score (nSPS) is 13.9. The molecule has 0 fully saturated rings. The first-order chi connectivity index (χ1) is 7.30. The molecule has 16 heavy (non-hydrogen) atoms. The Bertz CT molecular complexity index is 361. The van der Waals surface area contributed by atoms with Gasteiger partial charge in [0.15, 0.2) is 0 Å². The summed E-state index contributed by atoms with van der Waals surface area (Å²) in [4.78, 5) is 0. The van der Waals surface area contributed by atoms with Crippen LogP contribution in [0.15, 0.2) is 22.7 Å². The molecule has 0 aliphatic heterocycles. The zero-order chi connectivity index (χ0) is 12.3. The lowest BCUT2D eigenvalue weighted by atomic mass is 9.81. The van der Waals surface area contributed by atoms with E-state index in [1.165, 1.54) is 12.1 Å². The van der Waals surface area contributed by atoms with E-state index in [1.807, 2.05) is 0 Å². The standard InChI is InChI=1S/C13H18BrFO/c1-9(16)7-13(2,3)8-10-4-5-11(15)6-12(10)14/h4-6,9,16H,7-8H2,1-3H3. The molecule has 0 bridgehead atoms. The molecule has 1 rings (SSSR count). The predicted octanol–water partition coefficient (Wildman–Crippen LogP) is 3.93. The summed E-state index contributed by atoms with van der Waals surface area (Å²) < 4.78 is 13.7. The fraction of sp³-hybridized carbons (Fsp3) is 0.538. The zero-order valence-corrected chi connectivity index (χ0v) is 11.5. The summed E-state index contributed by atoms with van der Waals surface area (Å²) in [5.41, 5.74) is 1.08. The minimum absolute atomic E-state index is 0.00845. The molecule has 1 nitrogen and oxygen atoms in total. The van der Waals surface area contributed by atoms with E-state index in [1.54, 1.807) is 13.0 Å². The molecule has 0 heterocycles. The number of aliphatic hydroxyl groups excluding tert-OH is 1. The molecule has 0 aliphatic rings. The molecular weight excluding hydrogens is 271 g/mol. The molecule has 0 saturated heterocycles. The minimum Gasteiger partial charge on any atom is -0.393 e. The van der Waals surface area contributed by atoms with Gasteiger partial charge >= 0.3 is 0 Å². The van der Waals surface area contributed by atoms with Crippen LogP contribution in [-0.2, 0) is 6.42 Å². The van der Waals surface area contributed by atoms with Gasteiger partial charge < -0.3 is 5.11 Å². The molecule has 0 saturated carbocycles. The quantitative estimate of drug-likeness (QED) is 0.890. The van der Waals surface area contributed by atoms with E-state index < -0.39 is 0 Å². The second-order valence-electron chi connectivity index (χ2n) is 5.13. The second kappa shape index (κ2) is 5.28. The highest BCUT2D eigenvalue weighted by molar-refractivity contribution is 9.10. The zero-order valence-electron chi connectivity index (χ0n) is 9.93. The van der Waals surface area contributed by atoms with Crippen LogP contribution in [0.2, 0.25) is 0 Å². The van der Waals surface area contributed by atoms with Crippen molar-refractivity contribution in [1.82, 2.24) is 0 Å². The maximum atomic E-state index is 12.9. The third-order valence-corrected chi connectivity index (χ3v) is 3.27. The number of hydrogen-bond acceptors (Lipinski definition) is 1. The maximum Gasteiger partial charge on any atom is 0.124 e. The van der Waals surface area contributed by atoms with E-state index in [-0.39, 0.29) is 17.3 Å². The van der Waals surface area contributed by atoms with E-state index in [4.69, 9.17) is 0 Å². The Morgan fingerprint density at radius 1 is 1.44 bits per heavy atom. The van der Waals surface area contributed by atoms with Gasteiger partial charge in [0, 0.05) is 4.47 Å². The summed E-state index contributed by atoms with van der Waals surface area (Å²) in [6.07, 6.45) is 1.24.